The SMILES string of the molecule is Nc1ccc(C(=O)NCCOC2CCCC2)c(N)c1. The van der Waals surface area contributed by atoms with Gasteiger partial charge in [0.1, 0.15) is 0 Å². The molecule has 0 spiro atoms. The second-order valence-corrected chi connectivity index (χ2v) is 4.88. The van der Waals surface area contributed by atoms with E-state index in [9.17, 15) is 4.79 Å². The zero-order chi connectivity index (χ0) is 13.7. The molecule has 0 atom stereocenters. The highest BCUT2D eigenvalue weighted by atomic mass is 16.5. The molecular formula is C14H21N3O2. The smallest absolute Gasteiger partial charge is 0.253 e. The van der Waals surface area contributed by atoms with Crippen LogP contribution in [0.1, 0.15) is 36.0 Å². The van der Waals surface area contributed by atoms with Gasteiger partial charge >= 0.3 is 0 Å². The topological polar surface area (TPSA) is 90.4 Å². The van der Waals surface area contributed by atoms with Gasteiger partial charge in [0.2, 0.25) is 0 Å². The Morgan fingerprint density at radius 2 is 2.05 bits per heavy atom. The van der Waals surface area contributed by atoms with E-state index in [0.717, 1.165) is 12.8 Å². The van der Waals surface area contributed by atoms with Crippen LogP contribution in [0.5, 0.6) is 0 Å². The van der Waals surface area contributed by atoms with Gasteiger partial charge in [-0.3, -0.25) is 4.79 Å². The Labute approximate surface area is 113 Å². The highest BCUT2D eigenvalue weighted by Gasteiger charge is 2.15. The number of rotatable bonds is 5. The molecule has 1 aromatic rings. The zero-order valence-corrected chi connectivity index (χ0v) is 11.0. The quantitative estimate of drug-likeness (QED) is 0.555. The minimum absolute atomic E-state index is 0.187. The Balaban J connectivity index is 1.74. The van der Waals surface area contributed by atoms with Crippen molar-refractivity contribution in [1.29, 1.82) is 0 Å². The number of ether oxygens (including phenoxy) is 1. The number of hydrogen-bond donors (Lipinski definition) is 3. The van der Waals surface area contributed by atoms with Gasteiger partial charge in [0.25, 0.3) is 5.91 Å². The molecule has 1 amide bonds. The molecule has 1 fully saturated rings. The summed E-state index contributed by atoms with van der Waals surface area (Å²) in [4.78, 5) is 11.9. The third-order valence-electron chi connectivity index (χ3n) is 3.36. The van der Waals surface area contributed by atoms with Crippen molar-refractivity contribution < 1.29 is 9.53 Å². The normalized spacial score (nSPS) is 15.6. The van der Waals surface area contributed by atoms with Crippen LogP contribution in [-0.4, -0.2) is 25.2 Å². The monoisotopic (exact) mass is 263 g/mol. The highest BCUT2D eigenvalue weighted by Crippen LogP contribution is 2.20. The van der Waals surface area contributed by atoms with Crippen molar-refractivity contribution in [2.45, 2.75) is 31.8 Å². The van der Waals surface area contributed by atoms with Crippen molar-refractivity contribution in [1.82, 2.24) is 5.32 Å². The van der Waals surface area contributed by atoms with E-state index < -0.39 is 0 Å². The number of amides is 1. The molecule has 0 aromatic heterocycles. The molecule has 19 heavy (non-hydrogen) atoms. The molecule has 5 nitrogen and oxygen atoms in total. The number of carbonyl (C=O) groups excluding carboxylic acids is 1. The molecule has 0 heterocycles. The Kier molecular flexibility index (Phi) is 4.63. The molecule has 5 N–H and O–H groups in total. The summed E-state index contributed by atoms with van der Waals surface area (Å²) in [6, 6.07) is 4.89. The minimum Gasteiger partial charge on any atom is -0.399 e. The van der Waals surface area contributed by atoms with Crippen molar-refractivity contribution in [3.8, 4) is 0 Å². The van der Waals surface area contributed by atoms with E-state index in [2.05, 4.69) is 5.32 Å². The summed E-state index contributed by atoms with van der Waals surface area (Å²) in [6.45, 7) is 1.05. The van der Waals surface area contributed by atoms with Crippen LogP contribution in [0, 0.1) is 0 Å². The van der Waals surface area contributed by atoms with Gasteiger partial charge in [-0.15, -0.1) is 0 Å². The molecule has 0 radical (unpaired) electrons. The van der Waals surface area contributed by atoms with Crippen LogP contribution in [0.25, 0.3) is 0 Å². The lowest BCUT2D eigenvalue weighted by atomic mass is 10.1. The van der Waals surface area contributed by atoms with Gasteiger partial charge in [0.05, 0.1) is 18.3 Å². The predicted octanol–water partition coefficient (Wildman–Crippen LogP) is 1.54. The summed E-state index contributed by atoms with van der Waals surface area (Å²) in [7, 11) is 0. The van der Waals surface area contributed by atoms with E-state index in [-0.39, 0.29) is 5.91 Å². The van der Waals surface area contributed by atoms with Gasteiger partial charge in [-0.05, 0) is 31.0 Å². The Bertz CT molecular complexity index is 442. The van der Waals surface area contributed by atoms with Gasteiger partial charge in [-0.1, -0.05) is 12.8 Å². The first kappa shape index (κ1) is 13.7. The third-order valence-corrected chi connectivity index (χ3v) is 3.36. The standard InChI is InChI=1S/C14H21N3O2/c15-10-5-6-12(13(16)9-10)14(18)17-7-8-19-11-3-1-2-4-11/h5-6,9,11H,1-4,7-8,15-16H2,(H,17,18). The number of nitrogens with two attached hydrogens (primary N) is 2. The lowest BCUT2D eigenvalue weighted by molar-refractivity contribution is 0.0582. The van der Waals surface area contributed by atoms with Crippen molar-refractivity contribution in [2.24, 2.45) is 0 Å². The van der Waals surface area contributed by atoms with E-state index in [1.165, 1.54) is 12.8 Å². The Morgan fingerprint density at radius 3 is 2.74 bits per heavy atom. The van der Waals surface area contributed by atoms with Crippen LogP contribution >= 0.6 is 0 Å². The van der Waals surface area contributed by atoms with Crippen molar-refractivity contribution in [3.05, 3.63) is 23.8 Å². The predicted molar refractivity (Wildman–Crippen MR) is 75.8 cm³/mol. The van der Waals surface area contributed by atoms with Crippen molar-refractivity contribution in [2.75, 3.05) is 24.6 Å². The molecule has 0 unspecified atom stereocenters. The summed E-state index contributed by atoms with van der Waals surface area (Å²) >= 11 is 0. The lowest BCUT2D eigenvalue weighted by Crippen LogP contribution is -2.29. The molecule has 0 aliphatic heterocycles. The first-order chi connectivity index (χ1) is 9.16. The van der Waals surface area contributed by atoms with Crippen LogP contribution < -0.4 is 16.8 Å². The average Bonchev–Trinajstić information content (AvgIpc) is 2.87. The molecular weight excluding hydrogens is 242 g/mol. The number of nitrogens with one attached hydrogen (secondary N) is 1. The second-order valence-electron chi connectivity index (χ2n) is 4.88. The van der Waals surface area contributed by atoms with Gasteiger partial charge in [-0.25, -0.2) is 0 Å². The summed E-state index contributed by atoms with van der Waals surface area (Å²) in [5.74, 6) is -0.187. The van der Waals surface area contributed by atoms with Crippen LogP contribution in [0.4, 0.5) is 11.4 Å². The molecule has 104 valence electrons. The Morgan fingerprint density at radius 1 is 1.32 bits per heavy atom. The fourth-order valence-electron chi connectivity index (χ4n) is 2.33. The summed E-state index contributed by atoms with van der Waals surface area (Å²) < 4.78 is 5.67. The fourth-order valence-corrected chi connectivity index (χ4v) is 2.33. The van der Waals surface area contributed by atoms with Crippen LogP contribution in [-0.2, 0) is 4.74 Å². The molecule has 0 saturated heterocycles. The van der Waals surface area contributed by atoms with E-state index in [4.69, 9.17) is 16.2 Å². The number of hydrogen-bond acceptors (Lipinski definition) is 4. The van der Waals surface area contributed by atoms with Crippen LogP contribution in [0.15, 0.2) is 18.2 Å². The third kappa shape index (κ3) is 3.86. The highest BCUT2D eigenvalue weighted by molar-refractivity contribution is 5.99. The molecule has 5 heteroatoms. The number of nitrogen functional groups attached to an aromatic ring is 2. The number of anilines is 2. The summed E-state index contributed by atoms with van der Waals surface area (Å²) in [5.41, 5.74) is 12.7. The maximum absolute atomic E-state index is 11.9. The van der Waals surface area contributed by atoms with Gasteiger partial charge in [0.15, 0.2) is 0 Å². The maximum Gasteiger partial charge on any atom is 0.253 e. The second kappa shape index (κ2) is 6.43. The zero-order valence-electron chi connectivity index (χ0n) is 11.0. The largest absolute Gasteiger partial charge is 0.399 e. The first-order valence-corrected chi connectivity index (χ1v) is 6.71. The molecule has 2 rings (SSSR count). The minimum atomic E-state index is -0.187. The van der Waals surface area contributed by atoms with E-state index in [1.54, 1.807) is 18.2 Å². The van der Waals surface area contributed by atoms with Crippen LogP contribution in [0.3, 0.4) is 0 Å². The summed E-state index contributed by atoms with van der Waals surface area (Å²) in [6.07, 6.45) is 5.15. The van der Waals surface area contributed by atoms with E-state index in [1.807, 2.05) is 0 Å². The van der Waals surface area contributed by atoms with Gasteiger partial charge in [0, 0.05) is 17.9 Å². The van der Waals surface area contributed by atoms with Gasteiger partial charge < -0.3 is 21.5 Å². The molecule has 1 saturated carbocycles. The van der Waals surface area contributed by atoms with E-state index >= 15 is 0 Å². The van der Waals surface area contributed by atoms with Gasteiger partial charge in [-0.2, -0.15) is 0 Å². The van der Waals surface area contributed by atoms with Crippen molar-refractivity contribution in [3.63, 3.8) is 0 Å². The lowest BCUT2D eigenvalue weighted by Gasteiger charge is -2.12. The van der Waals surface area contributed by atoms with Crippen LogP contribution in [0.2, 0.25) is 0 Å². The van der Waals surface area contributed by atoms with Crippen molar-refractivity contribution >= 4 is 17.3 Å². The summed E-state index contributed by atoms with van der Waals surface area (Å²) in [5, 5.41) is 2.80. The number of carbonyl (C=O) groups is 1. The first-order valence-electron chi connectivity index (χ1n) is 6.71. The molecule has 1 aliphatic carbocycles. The van der Waals surface area contributed by atoms with E-state index in [0.29, 0.717) is 36.2 Å². The Hall–Kier alpha value is -1.75. The molecule has 1 aromatic carbocycles. The average molecular weight is 263 g/mol. The molecule has 0 bridgehead atoms. The maximum atomic E-state index is 11.9. The number of benzene rings is 1. The fraction of sp³-hybridized carbons (Fsp3) is 0.500. The molecule has 1 aliphatic rings.